The molecule has 0 aliphatic heterocycles. The molecule has 1 rings (SSSR count). The molecule has 0 radical (unpaired) electrons. The van der Waals surface area contributed by atoms with Crippen LogP contribution in [0.3, 0.4) is 0 Å². The van der Waals surface area contributed by atoms with Gasteiger partial charge in [-0.25, -0.2) is 4.98 Å². The van der Waals surface area contributed by atoms with Gasteiger partial charge in [-0.2, -0.15) is 0 Å². The molecule has 0 saturated heterocycles. The summed E-state index contributed by atoms with van der Waals surface area (Å²) in [6, 6.07) is 0. The van der Waals surface area contributed by atoms with Crippen molar-refractivity contribution in [2.24, 2.45) is 5.92 Å². The molecule has 0 fully saturated rings. The van der Waals surface area contributed by atoms with Crippen molar-refractivity contribution in [2.45, 2.75) is 38.9 Å². The Morgan fingerprint density at radius 3 is 2.63 bits per heavy atom. The van der Waals surface area contributed by atoms with E-state index in [1.54, 1.807) is 6.92 Å². The van der Waals surface area contributed by atoms with Crippen LogP contribution in [0.1, 0.15) is 38.4 Å². The van der Waals surface area contributed by atoms with Gasteiger partial charge in [0.25, 0.3) is 0 Å². The molecule has 0 bridgehead atoms. The van der Waals surface area contributed by atoms with E-state index in [1.165, 1.54) is 18.4 Å². The standard InChI is InChI=1S/C13H21NO3S2/c1-9(12(15)17-5)7-19(16)8-11-14-10(6-18-11)13(2,3)4/h6,9H,7-8H2,1-5H3. The largest absolute Gasteiger partial charge is 0.469 e. The van der Waals surface area contributed by atoms with Gasteiger partial charge in [-0.1, -0.05) is 27.7 Å². The van der Waals surface area contributed by atoms with Crippen molar-refractivity contribution in [3.8, 4) is 0 Å². The Kier molecular flexibility index (Phi) is 5.67. The Morgan fingerprint density at radius 1 is 1.53 bits per heavy atom. The highest BCUT2D eigenvalue weighted by Crippen LogP contribution is 2.24. The summed E-state index contributed by atoms with van der Waals surface area (Å²) in [6.07, 6.45) is 0. The number of esters is 1. The minimum Gasteiger partial charge on any atom is -0.469 e. The molecule has 0 amide bonds. The monoisotopic (exact) mass is 303 g/mol. The maximum Gasteiger partial charge on any atom is 0.309 e. The van der Waals surface area contributed by atoms with E-state index in [9.17, 15) is 9.00 Å². The minimum absolute atomic E-state index is 0.00947. The van der Waals surface area contributed by atoms with Crippen LogP contribution in [0.4, 0.5) is 0 Å². The third-order valence-electron chi connectivity index (χ3n) is 2.64. The van der Waals surface area contributed by atoms with Gasteiger partial charge in [-0.15, -0.1) is 11.3 Å². The molecule has 0 aromatic carbocycles. The predicted octanol–water partition coefficient (Wildman–Crippen LogP) is 2.50. The molecule has 108 valence electrons. The van der Waals surface area contributed by atoms with Gasteiger partial charge < -0.3 is 4.74 Å². The van der Waals surface area contributed by atoms with Crippen LogP contribution in [0.2, 0.25) is 0 Å². The fourth-order valence-electron chi connectivity index (χ4n) is 1.47. The second kappa shape index (κ2) is 6.61. The van der Waals surface area contributed by atoms with Gasteiger partial charge in [0.2, 0.25) is 0 Å². The lowest BCUT2D eigenvalue weighted by atomic mass is 9.93. The van der Waals surface area contributed by atoms with E-state index in [4.69, 9.17) is 0 Å². The summed E-state index contributed by atoms with van der Waals surface area (Å²) in [5.74, 6) is 0.0647. The summed E-state index contributed by atoms with van der Waals surface area (Å²) < 4.78 is 16.6. The number of nitrogens with zero attached hydrogens (tertiary/aromatic N) is 1. The molecule has 19 heavy (non-hydrogen) atoms. The molecule has 0 aliphatic rings. The number of ether oxygens (including phenoxy) is 1. The van der Waals surface area contributed by atoms with Gasteiger partial charge in [-0.3, -0.25) is 9.00 Å². The zero-order valence-corrected chi connectivity index (χ0v) is 13.7. The number of aromatic nitrogens is 1. The third kappa shape index (κ3) is 5.03. The Hall–Kier alpha value is -0.750. The molecule has 2 unspecified atom stereocenters. The van der Waals surface area contributed by atoms with Gasteiger partial charge in [-0.05, 0) is 0 Å². The first-order chi connectivity index (χ1) is 8.74. The number of carbonyl (C=O) groups excluding carboxylic acids is 1. The summed E-state index contributed by atoms with van der Waals surface area (Å²) in [7, 11) is 0.256. The van der Waals surface area contributed by atoms with Crippen LogP contribution in [-0.4, -0.2) is 28.0 Å². The van der Waals surface area contributed by atoms with Crippen molar-refractivity contribution in [1.29, 1.82) is 0 Å². The average molecular weight is 303 g/mol. The van der Waals surface area contributed by atoms with Crippen LogP contribution in [0.25, 0.3) is 0 Å². The first-order valence-electron chi connectivity index (χ1n) is 6.11. The van der Waals surface area contributed by atoms with E-state index >= 15 is 0 Å². The number of hydrogen-bond acceptors (Lipinski definition) is 5. The lowest BCUT2D eigenvalue weighted by Crippen LogP contribution is -2.20. The van der Waals surface area contributed by atoms with Crippen LogP contribution in [-0.2, 0) is 31.5 Å². The van der Waals surface area contributed by atoms with E-state index in [0.717, 1.165) is 10.7 Å². The molecule has 0 aliphatic carbocycles. The zero-order valence-electron chi connectivity index (χ0n) is 12.1. The van der Waals surface area contributed by atoms with Crippen molar-refractivity contribution in [3.05, 3.63) is 16.1 Å². The molecule has 0 spiro atoms. The van der Waals surface area contributed by atoms with Gasteiger partial charge in [0.1, 0.15) is 5.01 Å². The summed E-state index contributed by atoms with van der Waals surface area (Å²) in [5, 5.41) is 2.87. The van der Waals surface area contributed by atoms with Crippen LogP contribution in [0, 0.1) is 5.92 Å². The highest BCUT2D eigenvalue weighted by atomic mass is 32.2. The van der Waals surface area contributed by atoms with Gasteiger partial charge in [0.15, 0.2) is 0 Å². The number of rotatable bonds is 5. The van der Waals surface area contributed by atoms with Crippen LogP contribution >= 0.6 is 11.3 Å². The minimum atomic E-state index is -1.09. The molecular formula is C13H21NO3S2. The molecule has 4 nitrogen and oxygen atoms in total. The fraction of sp³-hybridized carbons (Fsp3) is 0.692. The van der Waals surface area contributed by atoms with Crippen LogP contribution in [0.5, 0.6) is 0 Å². The molecule has 1 aromatic rings. The Morgan fingerprint density at radius 2 is 2.16 bits per heavy atom. The second-order valence-corrected chi connectivity index (χ2v) is 8.00. The van der Waals surface area contributed by atoms with E-state index in [1.807, 2.05) is 5.38 Å². The number of thiazole rings is 1. The molecule has 0 saturated carbocycles. The van der Waals surface area contributed by atoms with Crippen molar-refractivity contribution in [1.82, 2.24) is 4.98 Å². The number of methoxy groups -OCH3 is 1. The summed E-state index contributed by atoms with van der Waals surface area (Å²) in [6.45, 7) is 8.03. The van der Waals surface area contributed by atoms with Crippen molar-refractivity contribution in [2.75, 3.05) is 12.9 Å². The molecule has 2 atom stereocenters. The molecular weight excluding hydrogens is 282 g/mol. The topological polar surface area (TPSA) is 56.3 Å². The highest BCUT2D eigenvalue weighted by Gasteiger charge is 2.20. The Labute approximate surface area is 121 Å². The van der Waals surface area contributed by atoms with E-state index in [-0.39, 0.29) is 17.3 Å². The van der Waals surface area contributed by atoms with Crippen LogP contribution in [0.15, 0.2) is 5.38 Å². The van der Waals surface area contributed by atoms with Crippen molar-refractivity contribution in [3.63, 3.8) is 0 Å². The van der Waals surface area contributed by atoms with Crippen molar-refractivity contribution >= 4 is 28.1 Å². The Bertz CT molecular complexity index is 463. The quantitative estimate of drug-likeness (QED) is 0.784. The number of carbonyl (C=O) groups is 1. The SMILES string of the molecule is COC(=O)C(C)CS(=O)Cc1nc(C(C)(C)C)cs1. The third-order valence-corrected chi connectivity index (χ3v) is 5.14. The van der Waals surface area contributed by atoms with Gasteiger partial charge in [0, 0.05) is 27.3 Å². The smallest absolute Gasteiger partial charge is 0.309 e. The fourth-order valence-corrected chi connectivity index (χ4v) is 4.09. The van der Waals surface area contributed by atoms with Crippen LogP contribution < -0.4 is 0 Å². The normalized spacial score (nSPS) is 15.0. The molecule has 6 heteroatoms. The van der Waals surface area contributed by atoms with Gasteiger partial charge >= 0.3 is 5.97 Å². The predicted molar refractivity (Wildman–Crippen MR) is 78.7 cm³/mol. The van der Waals surface area contributed by atoms with E-state index in [0.29, 0.717) is 11.5 Å². The molecule has 1 heterocycles. The van der Waals surface area contributed by atoms with Crippen molar-refractivity contribution < 1.29 is 13.7 Å². The second-order valence-electron chi connectivity index (χ2n) is 5.55. The molecule has 1 aromatic heterocycles. The maximum atomic E-state index is 12.0. The summed E-state index contributed by atoms with van der Waals surface area (Å²) >= 11 is 1.53. The highest BCUT2D eigenvalue weighted by molar-refractivity contribution is 7.84. The maximum absolute atomic E-state index is 12.0. The summed E-state index contributed by atoms with van der Waals surface area (Å²) in [4.78, 5) is 15.8. The first-order valence-corrected chi connectivity index (χ1v) is 8.48. The lowest BCUT2D eigenvalue weighted by Gasteiger charge is -2.14. The lowest BCUT2D eigenvalue weighted by molar-refractivity contribution is -0.144. The van der Waals surface area contributed by atoms with E-state index in [2.05, 4.69) is 30.5 Å². The number of hydrogen-bond donors (Lipinski definition) is 0. The average Bonchev–Trinajstić information content (AvgIpc) is 2.75. The first kappa shape index (κ1) is 16.3. The molecule has 0 N–H and O–H groups in total. The Balaban J connectivity index is 2.58. The zero-order chi connectivity index (χ0) is 14.6. The van der Waals surface area contributed by atoms with Gasteiger partial charge in [0.05, 0.1) is 24.5 Å². The van der Waals surface area contributed by atoms with E-state index < -0.39 is 10.8 Å². The summed E-state index contributed by atoms with van der Waals surface area (Å²) in [5.41, 5.74) is 1.03.